The average molecular weight is 300 g/mol. The van der Waals surface area contributed by atoms with E-state index >= 15 is 0 Å². The summed E-state index contributed by atoms with van der Waals surface area (Å²) in [7, 11) is 1.44. The van der Waals surface area contributed by atoms with Crippen molar-refractivity contribution < 1.29 is 19.1 Å². The van der Waals surface area contributed by atoms with Crippen LogP contribution in [-0.2, 0) is 14.3 Å². The Bertz CT molecular complexity index is 533. The van der Waals surface area contributed by atoms with Crippen molar-refractivity contribution in [2.45, 2.75) is 0 Å². The van der Waals surface area contributed by atoms with Crippen LogP contribution >= 0.6 is 11.6 Å². The predicted molar refractivity (Wildman–Crippen MR) is 73.2 cm³/mol. The van der Waals surface area contributed by atoms with Crippen molar-refractivity contribution >= 4 is 35.1 Å². The molecule has 0 unspecified atom stereocenters. The highest BCUT2D eigenvalue weighted by atomic mass is 35.5. The Kier molecular flexibility index (Phi) is 5.79. The highest BCUT2D eigenvalue weighted by Gasteiger charge is 2.14. The molecule has 4 N–H and O–H groups in total. The zero-order chi connectivity index (χ0) is 15.1. The molecule has 2 amide bonds. The van der Waals surface area contributed by atoms with Crippen molar-refractivity contribution in [3.05, 3.63) is 28.8 Å². The lowest BCUT2D eigenvalue weighted by Crippen LogP contribution is -2.37. The summed E-state index contributed by atoms with van der Waals surface area (Å²) in [6.45, 7) is -0.700. The Hall–Kier alpha value is -2.28. The van der Waals surface area contributed by atoms with E-state index in [2.05, 4.69) is 10.6 Å². The molecule has 108 valence electrons. The van der Waals surface area contributed by atoms with Gasteiger partial charge in [0.15, 0.2) is 6.61 Å². The number of carbonyl (C=O) groups excluding carboxylic acids is 3. The van der Waals surface area contributed by atoms with E-state index in [-0.39, 0.29) is 23.7 Å². The van der Waals surface area contributed by atoms with Crippen LogP contribution < -0.4 is 16.4 Å². The number of hydrogen-bond acceptors (Lipinski definition) is 5. The van der Waals surface area contributed by atoms with Crippen molar-refractivity contribution in [2.75, 3.05) is 25.9 Å². The number of nitrogens with one attached hydrogen (secondary N) is 2. The molecule has 0 spiro atoms. The minimum atomic E-state index is -0.764. The number of anilines is 1. The first-order chi connectivity index (χ1) is 9.43. The topological polar surface area (TPSA) is 111 Å². The third kappa shape index (κ3) is 4.77. The van der Waals surface area contributed by atoms with Gasteiger partial charge in [0, 0.05) is 17.8 Å². The number of nitrogens with two attached hydrogens (primary N) is 1. The van der Waals surface area contributed by atoms with Crippen molar-refractivity contribution in [1.29, 1.82) is 0 Å². The Balaban J connectivity index is 2.49. The largest absolute Gasteiger partial charge is 0.452 e. The number of ether oxygens (including phenoxy) is 1. The lowest BCUT2D eigenvalue weighted by Gasteiger charge is -2.07. The van der Waals surface area contributed by atoms with E-state index in [1.807, 2.05) is 0 Å². The fourth-order valence-corrected chi connectivity index (χ4v) is 1.40. The Morgan fingerprint density at radius 3 is 2.65 bits per heavy atom. The van der Waals surface area contributed by atoms with Crippen LogP contribution in [0, 0.1) is 0 Å². The lowest BCUT2D eigenvalue weighted by atomic mass is 10.2. The average Bonchev–Trinajstić information content (AvgIpc) is 2.44. The summed E-state index contributed by atoms with van der Waals surface area (Å²) >= 11 is 5.74. The summed E-state index contributed by atoms with van der Waals surface area (Å²) in [5.74, 6) is -1.72. The van der Waals surface area contributed by atoms with E-state index in [0.29, 0.717) is 5.02 Å². The Morgan fingerprint density at radius 2 is 2.00 bits per heavy atom. The van der Waals surface area contributed by atoms with Gasteiger partial charge in [0.05, 0.1) is 12.1 Å². The van der Waals surface area contributed by atoms with E-state index in [9.17, 15) is 14.4 Å². The van der Waals surface area contributed by atoms with Gasteiger partial charge in [-0.25, -0.2) is 4.79 Å². The second-order valence-corrected chi connectivity index (χ2v) is 4.19. The fourth-order valence-electron chi connectivity index (χ4n) is 1.23. The van der Waals surface area contributed by atoms with E-state index < -0.39 is 18.5 Å². The van der Waals surface area contributed by atoms with Crippen LogP contribution in [0.3, 0.4) is 0 Å². The highest BCUT2D eigenvalue weighted by molar-refractivity contribution is 6.31. The molecule has 0 saturated carbocycles. The van der Waals surface area contributed by atoms with Gasteiger partial charge in [-0.1, -0.05) is 11.6 Å². The molecule has 1 aromatic carbocycles. The number of halogens is 1. The number of carbonyl (C=O) groups is 3. The molecule has 0 fully saturated rings. The Labute approximate surface area is 120 Å². The van der Waals surface area contributed by atoms with Gasteiger partial charge in [0.1, 0.15) is 0 Å². The SMILES string of the molecule is CNC(=O)CNC(=O)COC(=O)c1cc(Cl)ccc1N. The quantitative estimate of drug-likeness (QED) is 0.521. The number of likely N-dealkylation sites (N-methyl/N-ethyl adjacent to an activating group) is 1. The number of rotatable bonds is 5. The zero-order valence-electron chi connectivity index (χ0n) is 10.7. The first-order valence-corrected chi connectivity index (χ1v) is 6.01. The van der Waals surface area contributed by atoms with E-state index in [4.69, 9.17) is 22.1 Å². The second-order valence-electron chi connectivity index (χ2n) is 3.76. The number of amides is 2. The molecule has 7 nitrogen and oxygen atoms in total. The third-order valence-electron chi connectivity index (χ3n) is 2.29. The molecule has 0 aliphatic rings. The summed E-state index contributed by atoms with van der Waals surface area (Å²) in [5, 5.41) is 4.94. The van der Waals surface area contributed by atoms with E-state index in [0.717, 1.165) is 0 Å². The normalized spacial score (nSPS) is 9.70. The standard InChI is InChI=1S/C12H14ClN3O4/c1-15-10(17)5-16-11(18)6-20-12(19)8-4-7(13)2-3-9(8)14/h2-4H,5-6,14H2,1H3,(H,15,17)(H,16,18). The van der Waals surface area contributed by atoms with Crippen molar-refractivity contribution in [3.63, 3.8) is 0 Å². The molecule has 0 aromatic heterocycles. The molecule has 0 aliphatic heterocycles. The summed E-state index contributed by atoms with van der Waals surface area (Å²) in [4.78, 5) is 33.9. The van der Waals surface area contributed by atoms with Crippen LogP contribution in [0.25, 0.3) is 0 Å². The third-order valence-corrected chi connectivity index (χ3v) is 2.53. The number of nitrogen functional groups attached to an aromatic ring is 1. The highest BCUT2D eigenvalue weighted by Crippen LogP contribution is 2.18. The molecule has 1 rings (SSSR count). The molecule has 0 heterocycles. The minimum Gasteiger partial charge on any atom is -0.452 e. The zero-order valence-corrected chi connectivity index (χ0v) is 11.5. The molecule has 0 atom stereocenters. The summed E-state index contributed by atoms with van der Waals surface area (Å²) in [6.07, 6.45) is 0. The molecule has 0 aliphatic carbocycles. The minimum absolute atomic E-state index is 0.0802. The maximum absolute atomic E-state index is 11.7. The molecule has 8 heteroatoms. The summed E-state index contributed by atoms with van der Waals surface area (Å²) in [5.41, 5.74) is 5.88. The maximum Gasteiger partial charge on any atom is 0.340 e. The lowest BCUT2D eigenvalue weighted by molar-refractivity contribution is -0.127. The monoisotopic (exact) mass is 299 g/mol. The van der Waals surface area contributed by atoms with Gasteiger partial charge in [0.25, 0.3) is 5.91 Å². The van der Waals surface area contributed by atoms with Crippen LogP contribution in [0.4, 0.5) is 5.69 Å². The molecular weight excluding hydrogens is 286 g/mol. The predicted octanol–water partition coefficient (Wildman–Crippen LogP) is -0.0588. The van der Waals surface area contributed by atoms with Gasteiger partial charge < -0.3 is 21.1 Å². The molecule has 0 bridgehead atoms. The molecule has 1 aromatic rings. The van der Waals surface area contributed by atoms with Gasteiger partial charge in [-0.05, 0) is 18.2 Å². The summed E-state index contributed by atoms with van der Waals surface area (Å²) in [6, 6.07) is 4.34. The van der Waals surface area contributed by atoms with Crippen LogP contribution in [0.5, 0.6) is 0 Å². The molecule has 20 heavy (non-hydrogen) atoms. The molecule has 0 radical (unpaired) electrons. The van der Waals surface area contributed by atoms with E-state index in [1.165, 1.54) is 25.2 Å². The van der Waals surface area contributed by atoms with Gasteiger partial charge in [-0.15, -0.1) is 0 Å². The van der Waals surface area contributed by atoms with E-state index in [1.54, 1.807) is 0 Å². The molecular formula is C12H14ClN3O4. The van der Waals surface area contributed by atoms with Crippen molar-refractivity contribution in [2.24, 2.45) is 0 Å². The smallest absolute Gasteiger partial charge is 0.340 e. The number of esters is 1. The molecule has 0 saturated heterocycles. The second kappa shape index (κ2) is 7.34. The van der Waals surface area contributed by atoms with Crippen molar-refractivity contribution in [1.82, 2.24) is 10.6 Å². The van der Waals surface area contributed by atoms with Gasteiger partial charge in [-0.3, -0.25) is 9.59 Å². The van der Waals surface area contributed by atoms with Crippen molar-refractivity contribution in [3.8, 4) is 0 Å². The van der Waals surface area contributed by atoms with Crippen LogP contribution in [0.2, 0.25) is 5.02 Å². The Morgan fingerprint density at radius 1 is 1.30 bits per heavy atom. The summed E-state index contributed by atoms with van der Waals surface area (Å²) < 4.78 is 4.77. The van der Waals surface area contributed by atoms with Crippen LogP contribution in [-0.4, -0.2) is 38.0 Å². The first-order valence-electron chi connectivity index (χ1n) is 5.63. The maximum atomic E-state index is 11.7. The fraction of sp³-hybridized carbons (Fsp3) is 0.250. The first kappa shape index (κ1) is 15.8. The van der Waals surface area contributed by atoms with Gasteiger partial charge >= 0.3 is 5.97 Å². The van der Waals surface area contributed by atoms with Crippen LogP contribution in [0.1, 0.15) is 10.4 Å². The van der Waals surface area contributed by atoms with Gasteiger partial charge in [-0.2, -0.15) is 0 Å². The number of benzene rings is 1. The van der Waals surface area contributed by atoms with Gasteiger partial charge in [0.2, 0.25) is 5.91 Å². The van der Waals surface area contributed by atoms with Crippen LogP contribution in [0.15, 0.2) is 18.2 Å². The number of hydrogen-bond donors (Lipinski definition) is 3.